The highest BCUT2D eigenvalue weighted by atomic mass is 16.4. The summed E-state index contributed by atoms with van der Waals surface area (Å²) in [6.07, 6.45) is 0. The van der Waals surface area contributed by atoms with Gasteiger partial charge in [-0.1, -0.05) is 13.0 Å². The van der Waals surface area contributed by atoms with Crippen LogP contribution in [0.25, 0.3) is 0 Å². The van der Waals surface area contributed by atoms with E-state index in [0.29, 0.717) is 6.54 Å². The molecule has 1 atom stereocenters. The molecule has 7 heteroatoms. The summed E-state index contributed by atoms with van der Waals surface area (Å²) in [5.74, 6) is -0.708. The predicted molar refractivity (Wildman–Crippen MR) is 80.2 cm³/mol. The van der Waals surface area contributed by atoms with Gasteiger partial charge in [-0.2, -0.15) is 0 Å². The molecule has 1 rings (SSSR count). The molecule has 0 aliphatic rings. The summed E-state index contributed by atoms with van der Waals surface area (Å²) < 4.78 is 0. The van der Waals surface area contributed by atoms with E-state index in [9.17, 15) is 9.59 Å². The lowest BCUT2D eigenvalue weighted by molar-refractivity contribution is -0.141. The van der Waals surface area contributed by atoms with E-state index in [-0.39, 0.29) is 12.6 Å². The number of carbonyl (C=O) groups is 2. The first-order valence-electron chi connectivity index (χ1n) is 6.66. The lowest BCUT2D eigenvalue weighted by atomic mass is 10.2. The molecule has 1 unspecified atom stereocenters. The summed E-state index contributed by atoms with van der Waals surface area (Å²) in [5, 5.41) is 11.6. The van der Waals surface area contributed by atoms with E-state index in [4.69, 9.17) is 5.11 Å². The third kappa shape index (κ3) is 5.29. The van der Waals surface area contributed by atoms with Gasteiger partial charge in [0.25, 0.3) is 0 Å². The molecule has 21 heavy (non-hydrogen) atoms. The Morgan fingerprint density at radius 3 is 2.57 bits per heavy atom. The first-order valence-corrected chi connectivity index (χ1v) is 6.66. The van der Waals surface area contributed by atoms with E-state index in [1.54, 1.807) is 14.0 Å². The van der Waals surface area contributed by atoms with Gasteiger partial charge >= 0.3 is 12.0 Å². The molecule has 7 nitrogen and oxygen atoms in total. The molecule has 0 bridgehead atoms. The number of rotatable bonds is 6. The molecule has 2 N–H and O–H groups in total. The monoisotopic (exact) mass is 294 g/mol. The van der Waals surface area contributed by atoms with Crippen molar-refractivity contribution in [1.29, 1.82) is 0 Å². The maximum Gasteiger partial charge on any atom is 0.317 e. The Morgan fingerprint density at radius 1 is 1.33 bits per heavy atom. The number of aliphatic carboxylic acids is 1. The minimum Gasteiger partial charge on any atom is -0.481 e. The van der Waals surface area contributed by atoms with Crippen molar-refractivity contribution >= 4 is 17.8 Å². The van der Waals surface area contributed by atoms with Gasteiger partial charge in [-0.3, -0.25) is 4.79 Å². The molecule has 0 aromatic carbocycles. The zero-order valence-corrected chi connectivity index (χ0v) is 12.8. The summed E-state index contributed by atoms with van der Waals surface area (Å²) in [5.41, 5.74) is 0.745. The second-order valence-corrected chi connectivity index (χ2v) is 5.16. The highest BCUT2D eigenvalue weighted by molar-refractivity contribution is 5.75. The summed E-state index contributed by atoms with van der Waals surface area (Å²) >= 11 is 0. The van der Waals surface area contributed by atoms with Crippen LogP contribution in [0, 0.1) is 5.92 Å². The molecule has 0 saturated heterocycles. The fourth-order valence-electron chi connectivity index (χ4n) is 1.69. The van der Waals surface area contributed by atoms with Gasteiger partial charge in [-0.05, 0) is 12.1 Å². The number of carbonyl (C=O) groups excluding carboxylic acids is 1. The first kappa shape index (κ1) is 16.7. The van der Waals surface area contributed by atoms with Crippen LogP contribution < -0.4 is 10.2 Å². The van der Waals surface area contributed by atoms with Crippen LogP contribution in [0.15, 0.2) is 18.2 Å². The molecule has 0 radical (unpaired) electrons. The molecule has 2 amide bonds. The molecule has 116 valence electrons. The predicted octanol–water partition coefficient (Wildman–Crippen LogP) is 1.01. The number of aromatic nitrogens is 1. The van der Waals surface area contributed by atoms with Crippen LogP contribution in [0.5, 0.6) is 0 Å². The third-order valence-corrected chi connectivity index (χ3v) is 2.99. The van der Waals surface area contributed by atoms with E-state index in [2.05, 4.69) is 10.3 Å². The Hall–Kier alpha value is -2.31. The maximum atomic E-state index is 11.9. The molecule has 1 aromatic heterocycles. The summed E-state index contributed by atoms with van der Waals surface area (Å²) in [6, 6.07) is 5.26. The van der Waals surface area contributed by atoms with Gasteiger partial charge in [0.15, 0.2) is 0 Å². The summed E-state index contributed by atoms with van der Waals surface area (Å²) in [4.78, 5) is 30.3. The minimum atomic E-state index is -0.921. The lowest BCUT2D eigenvalue weighted by Crippen LogP contribution is -2.40. The van der Waals surface area contributed by atoms with Crippen molar-refractivity contribution in [3.8, 4) is 0 Å². The third-order valence-electron chi connectivity index (χ3n) is 2.99. The summed E-state index contributed by atoms with van der Waals surface area (Å²) in [7, 11) is 5.36. The number of carboxylic acids is 1. The van der Waals surface area contributed by atoms with Gasteiger partial charge < -0.3 is 20.2 Å². The van der Waals surface area contributed by atoms with E-state index in [1.165, 1.54) is 4.90 Å². The molecule has 0 saturated carbocycles. The SMILES string of the molecule is CC(CN(C)C(=O)NCc1cccc(N(C)C)n1)C(=O)O. The van der Waals surface area contributed by atoms with Crippen molar-refractivity contribution in [2.24, 2.45) is 5.92 Å². The molecule has 0 spiro atoms. The van der Waals surface area contributed by atoms with Gasteiger partial charge in [0.2, 0.25) is 0 Å². The topological polar surface area (TPSA) is 85.8 Å². The standard InChI is InChI=1S/C14H22N4O3/c1-10(13(19)20)9-18(4)14(21)15-8-11-6-5-7-12(16-11)17(2)3/h5-7,10H,8-9H2,1-4H3,(H,15,21)(H,19,20). The Bertz CT molecular complexity index is 505. The fourth-order valence-corrected chi connectivity index (χ4v) is 1.69. The van der Waals surface area contributed by atoms with Gasteiger partial charge in [-0.15, -0.1) is 0 Å². The number of urea groups is 1. The molecule has 0 aliphatic carbocycles. The number of nitrogens with zero attached hydrogens (tertiary/aromatic N) is 3. The Morgan fingerprint density at radius 2 is 2.00 bits per heavy atom. The van der Waals surface area contributed by atoms with E-state index >= 15 is 0 Å². The zero-order chi connectivity index (χ0) is 16.0. The number of carboxylic acid groups (broad SMARTS) is 1. The van der Waals surface area contributed by atoms with Gasteiger partial charge in [-0.25, -0.2) is 9.78 Å². The quantitative estimate of drug-likeness (QED) is 0.818. The first-order chi connectivity index (χ1) is 9.81. The van der Waals surface area contributed by atoms with Gasteiger partial charge in [0, 0.05) is 27.7 Å². The number of anilines is 1. The Balaban J connectivity index is 2.52. The van der Waals surface area contributed by atoms with E-state index < -0.39 is 11.9 Å². The Labute approximate surface area is 124 Å². The van der Waals surface area contributed by atoms with Gasteiger partial charge in [0.1, 0.15) is 5.82 Å². The maximum absolute atomic E-state index is 11.9. The summed E-state index contributed by atoms with van der Waals surface area (Å²) in [6.45, 7) is 2.02. The van der Waals surface area contributed by atoms with E-state index in [0.717, 1.165) is 11.5 Å². The Kier molecular flexibility index (Phi) is 5.95. The largest absolute Gasteiger partial charge is 0.481 e. The highest BCUT2D eigenvalue weighted by Crippen LogP contribution is 2.07. The second kappa shape index (κ2) is 7.47. The number of nitrogens with one attached hydrogen (secondary N) is 1. The van der Waals surface area contributed by atoms with Crippen molar-refractivity contribution in [2.75, 3.05) is 32.6 Å². The van der Waals surface area contributed by atoms with Crippen molar-refractivity contribution in [2.45, 2.75) is 13.5 Å². The van der Waals surface area contributed by atoms with Crippen LogP contribution in [0.2, 0.25) is 0 Å². The molecular weight excluding hydrogens is 272 g/mol. The fraction of sp³-hybridized carbons (Fsp3) is 0.500. The average Bonchev–Trinajstić information content (AvgIpc) is 2.44. The lowest BCUT2D eigenvalue weighted by Gasteiger charge is -2.20. The minimum absolute atomic E-state index is 0.159. The van der Waals surface area contributed by atoms with Crippen LogP contribution in [0.3, 0.4) is 0 Å². The van der Waals surface area contributed by atoms with Crippen LogP contribution in [0.1, 0.15) is 12.6 Å². The van der Waals surface area contributed by atoms with Crippen LogP contribution in [0.4, 0.5) is 10.6 Å². The number of pyridine rings is 1. The van der Waals surface area contributed by atoms with Gasteiger partial charge in [0.05, 0.1) is 18.2 Å². The van der Waals surface area contributed by atoms with Crippen molar-refractivity contribution < 1.29 is 14.7 Å². The molecule has 1 heterocycles. The van der Waals surface area contributed by atoms with Crippen molar-refractivity contribution in [3.63, 3.8) is 0 Å². The van der Waals surface area contributed by atoms with E-state index in [1.807, 2.05) is 37.2 Å². The highest BCUT2D eigenvalue weighted by Gasteiger charge is 2.17. The molecular formula is C14H22N4O3. The van der Waals surface area contributed by atoms with Crippen molar-refractivity contribution in [3.05, 3.63) is 23.9 Å². The normalized spacial score (nSPS) is 11.6. The molecule has 0 fully saturated rings. The number of hydrogen-bond donors (Lipinski definition) is 2. The van der Waals surface area contributed by atoms with Crippen LogP contribution >= 0.6 is 0 Å². The number of amides is 2. The average molecular weight is 294 g/mol. The zero-order valence-electron chi connectivity index (χ0n) is 12.8. The second-order valence-electron chi connectivity index (χ2n) is 5.16. The molecule has 0 aliphatic heterocycles. The van der Waals surface area contributed by atoms with Crippen molar-refractivity contribution in [1.82, 2.24) is 15.2 Å². The molecule has 1 aromatic rings. The van der Waals surface area contributed by atoms with Crippen LogP contribution in [-0.4, -0.2) is 54.7 Å². The smallest absolute Gasteiger partial charge is 0.317 e. The van der Waals surface area contributed by atoms with Crippen LogP contribution in [-0.2, 0) is 11.3 Å². The number of hydrogen-bond acceptors (Lipinski definition) is 4.